The van der Waals surface area contributed by atoms with E-state index >= 15 is 0 Å². The van der Waals surface area contributed by atoms with Gasteiger partial charge in [-0.05, 0) is 40.0 Å². The van der Waals surface area contributed by atoms with E-state index < -0.39 is 17.8 Å². The molecule has 0 saturated carbocycles. The molecule has 1 aromatic carbocycles. The molecule has 0 unspecified atom stereocenters. The number of carbonyl (C=O) groups excluding carboxylic acids is 3. The fourth-order valence-corrected chi connectivity index (χ4v) is 2.78. The number of hydrogen-bond acceptors (Lipinski definition) is 4. The van der Waals surface area contributed by atoms with E-state index in [1.807, 2.05) is 6.92 Å². The van der Waals surface area contributed by atoms with Crippen LogP contribution in [0.25, 0.3) is 0 Å². The number of unbranched alkanes of at least 4 members (excludes halogenated alkanes) is 1. The van der Waals surface area contributed by atoms with E-state index in [-0.39, 0.29) is 13.1 Å². The fourth-order valence-electron chi connectivity index (χ4n) is 2.19. The summed E-state index contributed by atoms with van der Waals surface area (Å²) in [5.74, 6) is -0.859. The van der Waals surface area contributed by atoms with Crippen LogP contribution in [0.4, 0.5) is 4.79 Å². The van der Waals surface area contributed by atoms with Gasteiger partial charge in [-0.25, -0.2) is 4.79 Å². The molecule has 1 fully saturated rings. The monoisotopic (exact) mass is 368 g/mol. The maximum atomic E-state index is 12.2. The molecule has 4 amide bonds. The van der Waals surface area contributed by atoms with Crippen molar-refractivity contribution in [1.29, 1.82) is 0 Å². The lowest BCUT2D eigenvalue weighted by molar-refractivity contribution is -0.143. The van der Waals surface area contributed by atoms with Gasteiger partial charge in [-0.1, -0.05) is 19.4 Å². The van der Waals surface area contributed by atoms with Crippen LogP contribution in [0.5, 0.6) is 5.75 Å². The van der Waals surface area contributed by atoms with Crippen LogP contribution in [0.15, 0.2) is 22.7 Å². The van der Waals surface area contributed by atoms with Crippen LogP contribution in [-0.2, 0) is 16.1 Å². The molecule has 22 heavy (non-hydrogen) atoms. The molecule has 118 valence electrons. The molecule has 1 aromatic rings. The molecule has 0 atom stereocenters. The van der Waals surface area contributed by atoms with Crippen LogP contribution in [-0.4, -0.2) is 41.3 Å². The SMILES string of the molecule is CCCCN1C(=O)C(=O)N(Cc2ccc(OC)c(Br)c2)C1=O. The molecule has 2 rings (SSSR count). The summed E-state index contributed by atoms with van der Waals surface area (Å²) < 4.78 is 5.86. The lowest BCUT2D eigenvalue weighted by Gasteiger charge is -2.15. The molecule has 0 radical (unpaired) electrons. The third-order valence-electron chi connectivity index (χ3n) is 3.43. The van der Waals surface area contributed by atoms with Crippen molar-refractivity contribution in [1.82, 2.24) is 9.80 Å². The van der Waals surface area contributed by atoms with E-state index in [1.54, 1.807) is 25.3 Å². The van der Waals surface area contributed by atoms with Crippen molar-refractivity contribution in [2.45, 2.75) is 26.3 Å². The highest BCUT2D eigenvalue weighted by Gasteiger charge is 2.43. The van der Waals surface area contributed by atoms with Crippen LogP contribution in [0, 0.1) is 0 Å². The van der Waals surface area contributed by atoms with Gasteiger partial charge in [0, 0.05) is 6.54 Å². The molecule has 0 aromatic heterocycles. The zero-order valence-electron chi connectivity index (χ0n) is 12.5. The van der Waals surface area contributed by atoms with E-state index in [2.05, 4.69) is 15.9 Å². The largest absolute Gasteiger partial charge is 0.496 e. The van der Waals surface area contributed by atoms with E-state index in [1.165, 1.54) is 0 Å². The Bertz CT molecular complexity index is 618. The van der Waals surface area contributed by atoms with Gasteiger partial charge in [-0.15, -0.1) is 0 Å². The molecule has 1 saturated heterocycles. The van der Waals surface area contributed by atoms with E-state index in [9.17, 15) is 14.4 Å². The number of imide groups is 2. The van der Waals surface area contributed by atoms with Crippen LogP contribution in [0.2, 0.25) is 0 Å². The van der Waals surface area contributed by atoms with Gasteiger partial charge in [0.25, 0.3) is 0 Å². The number of ether oxygens (including phenoxy) is 1. The minimum Gasteiger partial charge on any atom is -0.496 e. The quantitative estimate of drug-likeness (QED) is 0.571. The Balaban J connectivity index is 2.15. The van der Waals surface area contributed by atoms with E-state index in [0.29, 0.717) is 12.2 Å². The second kappa shape index (κ2) is 6.91. The molecule has 0 aliphatic carbocycles. The van der Waals surface area contributed by atoms with Crippen LogP contribution in [0.3, 0.4) is 0 Å². The van der Waals surface area contributed by atoms with Crippen molar-refractivity contribution in [2.24, 2.45) is 0 Å². The second-order valence-corrected chi connectivity index (χ2v) is 5.81. The number of halogens is 1. The standard InChI is InChI=1S/C15H17BrN2O4/c1-3-4-7-17-13(19)14(20)18(15(17)21)9-10-5-6-12(22-2)11(16)8-10/h5-6,8H,3-4,7,9H2,1-2H3. The van der Waals surface area contributed by atoms with Crippen LogP contribution >= 0.6 is 15.9 Å². The van der Waals surface area contributed by atoms with Crippen molar-refractivity contribution in [3.8, 4) is 5.75 Å². The molecule has 1 heterocycles. The zero-order chi connectivity index (χ0) is 16.3. The molecular weight excluding hydrogens is 352 g/mol. The maximum Gasteiger partial charge on any atom is 0.334 e. The Morgan fingerprint density at radius 1 is 1.14 bits per heavy atom. The summed E-state index contributed by atoms with van der Waals surface area (Å²) in [5.41, 5.74) is 0.736. The first-order valence-corrected chi connectivity index (χ1v) is 7.78. The number of amides is 4. The van der Waals surface area contributed by atoms with Gasteiger partial charge in [-0.3, -0.25) is 19.4 Å². The van der Waals surface area contributed by atoms with Gasteiger partial charge in [0.1, 0.15) is 5.75 Å². The third-order valence-corrected chi connectivity index (χ3v) is 4.05. The molecule has 6 nitrogen and oxygen atoms in total. The van der Waals surface area contributed by atoms with Crippen LogP contribution in [0.1, 0.15) is 25.3 Å². The highest BCUT2D eigenvalue weighted by atomic mass is 79.9. The second-order valence-electron chi connectivity index (χ2n) is 4.95. The Morgan fingerprint density at radius 3 is 2.41 bits per heavy atom. The lowest BCUT2D eigenvalue weighted by Crippen LogP contribution is -2.33. The van der Waals surface area contributed by atoms with Gasteiger partial charge >= 0.3 is 17.8 Å². The van der Waals surface area contributed by atoms with E-state index in [0.717, 1.165) is 26.3 Å². The summed E-state index contributed by atoms with van der Waals surface area (Å²) in [6, 6.07) is 4.71. The Labute approximate surface area is 137 Å². The first-order chi connectivity index (χ1) is 10.5. The Morgan fingerprint density at radius 2 is 1.82 bits per heavy atom. The van der Waals surface area contributed by atoms with Crippen molar-refractivity contribution in [2.75, 3.05) is 13.7 Å². The number of benzene rings is 1. The Hall–Kier alpha value is -1.89. The Kier molecular flexibility index (Phi) is 5.18. The molecule has 7 heteroatoms. The average molecular weight is 369 g/mol. The van der Waals surface area contributed by atoms with Gasteiger partial charge in [0.05, 0.1) is 18.1 Å². The summed E-state index contributed by atoms with van der Waals surface area (Å²) in [7, 11) is 1.55. The van der Waals surface area contributed by atoms with Gasteiger partial charge in [0.2, 0.25) is 0 Å². The molecule has 0 spiro atoms. The summed E-state index contributed by atoms with van der Waals surface area (Å²) >= 11 is 3.35. The molecule has 0 N–H and O–H groups in total. The normalized spacial score (nSPS) is 15.0. The number of rotatable bonds is 6. The van der Waals surface area contributed by atoms with Crippen molar-refractivity contribution in [3.63, 3.8) is 0 Å². The third kappa shape index (κ3) is 3.14. The first kappa shape index (κ1) is 16.5. The first-order valence-electron chi connectivity index (χ1n) is 6.99. The topological polar surface area (TPSA) is 66.9 Å². The number of nitrogens with zero attached hydrogens (tertiary/aromatic N) is 2. The minimum atomic E-state index is -0.770. The summed E-state index contributed by atoms with van der Waals surface area (Å²) in [6.07, 6.45) is 1.53. The average Bonchev–Trinajstić information content (AvgIpc) is 2.70. The molecular formula is C15H17BrN2O4. The minimum absolute atomic E-state index is 0.0641. The predicted octanol–water partition coefficient (Wildman–Crippen LogP) is 2.55. The highest BCUT2D eigenvalue weighted by molar-refractivity contribution is 9.10. The zero-order valence-corrected chi connectivity index (χ0v) is 14.1. The van der Waals surface area contributed by atoms with E-state index in [4.69, 9.17) is 4.74 Å². The summed E-state index contributed by atoms with van der Waals surface area (Å²) in [5, 5.41) is 0. The van der Waals surface area contributed by atoms with Gasteiger partial charge in [-0.2, -0.15) is 0 Å². The molecule has 1 aliphatic rings. The highest BCUT2D eigenvalue weighted by Crippen LogP contribution is 2.27. The summed E-state index contributed by atoms with van der Waals surface area (Å²) in [4.78, 5) is 38.1. The number of hydrogen-bond donors (Lipinski definition) is 0. The smallest absolute Gasteiger partial charge is 0.334 e. The van der Waals surface area contributed by atoms with Gasteiger partial charge < -0.3 is 4.74 Å². The summed E-state index contributed by atoms with van der Waals surface area (Å²) in [6.45, 7) is 2.30. The maximum absolute atomic E-state index is 12.2. The fraction of sp³-hybridized carbons (Fsp3) is 0.400. The van der Waals surface area contributed by atoms with Crippen molar-refractivity contribution < 1.29 is 19.1 Å². The van der Waals surface area contributed by atoms with Crippen molar-refractivity contribution >= 4 is 33.8 Å². The molecule has 1 aliphatic heterocycles. The number of methoxy groups -OCH3 is 1. The van der Waals surface area contributed by atoms with Gasteiger partial charge in [0.15, 0.2) is 0 Å². The lowest BCUT2D eigenvalue weighted by atomic mass is 10.2. The predicted molar refractivity (Wildman–Crippen MR) is 83.3 cm³/mol. The number of urea groups is 1. The molecule has 0 bridgehead atoms. The van der Waals surface area contributed by atoms with Crippen molar-refractivity contribution in [3.05, 3.63) is 28.2 Å². The van der Waals surface area contributed by atoms with Crippen LogP contribution < -0.4 is 4.74 Å². The number of carbonyl (C=O) groups is 3.